The maximum atomic E-state index is 13.4. The van der Waals surface area contributed by atoms with Crippen molar-refractivity contribution in [3.05, 3.63) is 65.7 Å². The van der Waals surface area contributed by atoms with E-state index in [0.717, 1.165) is 43.4 Å². The van der Waals surface area contributed by atoms with Crippen LogP contribution in [0, 0.1) is 5.92 Å². The number of nitrogens with zero attached hydrogens (tertiary/aromatic N) is 2. The van der Waals surface area contributed by atoms with Crippen LogP contribution in [-0.4, -0.2) is 39.9 Å². The average molecular weight is 452 g/mol. The van der Waals surface area contributed by atoms with Gasteiger partial charge < -0.3 is 10.2 Å². The summed E-state index contributed by atoms with van der Waals surface area (Å²) in [4.78, 5) is 2.55. The van der Waals surface area contributed by atoms with Crippen molar-refractivity contribution in [2.75, 3.05) is 37.4 Å². The summed E-state index contributed by atoms with van der Waals surface area (Å²) >= 11 is 0. The maximum absolute atomic E-state index is 13.4. The van der Waals surface area contributed by atoms with E-state index < -0.39 is 10.0 Å². The summed E-state index contributed by atoms with van der Waals surface area (Å²) in [6, 6.07) is 14.7. The van der Waals surface area contributed by atoms with Crippen LogP contribution in [0.1, 0.15) is 55.2 Å². The fraction of sp³-hybridized carbons (Fsp3) is 0.462. The van der Waals surface area contributed by atoms with Gasteiger partial charge in [-0.3, -0.25) is 0 Å². The quantitative estimate of drug-likeness (QED) is 0.654. The van der Waals surface area contributed by atoms with Crippen LogP contribution in [0.15, 0.2) is 59.5 Å². The number of sulfonamides is 1. The van der Waals surface area contributed by atoms with E-state index in [1.54, 1.807) is 10.4 Å². The fourth-order valence-electron chi connectivity index (χ4n) is 5.47. The molecule has 5 rings (SSSR count). The summed E-state index contributed by atoms with van der Waals surface area (Å²) in [6.45, 7) is 1.27. The Labute approximate surface area is 192 Å². The number of benzene rings is 2. The number of nitrogens with one attached hydrogen (secondary N) is 1. The van der Waals surface area contributed by atoms with Crippen molar-refractivity contribution < 1.29 is 8.42 Å². The van der Waals surface area contributed by atoms with Gasteiger partial charge in [-0.05, 0) is 66.6 Å². The molecule has 32 heavy (non-hydrogen) atoms. The van der Waals surface area contributed by atoms with Gasteiger partial charge in [0.2, 0.25) is 10.0 Å². The molecule has 170 valence electrons. The van der Waals surface area contributed by atoms with Gasteiger partial charge in [-0.25, -0.2) is 8.42 Å². The number of anilines is 2. The number of allylic oxidation sites excluding steroid dienone is 2. The number of rotatable bonds is 4. The summed E-state index contributed by atoms with van der Waals surface area (Å²) in [5.74, 6) is 0.632. The topological polar surface area (TPSA) is 52.7 Å². The highest BCUT2D eigenvalue weighted by Crippen LogP contribution is 2.50. The minimum Gasteiger partial charge on any atom is -0.378 e. The van der Waals surface area contributed by atoms with E-state index in [-0.39, 0.29) is 12.0 Å². The molecule has 1 saturated heterocycles. The lowest BCUT2D eigenvalue weighted by Crippen LogP contribution is -2.33. The largest absolute Gasteiger partial charge is 0.378 e. The molecule has 2 aromatic rings. The summed E-state index contributed by atoms with van der Waals surface area (Å²) in [5, 5.41) is 3.74. The van der Waals surface area contributed by atoms with Crippen molar-refractivity contribution in [3.8, 4) is 0 Å². The smallest absolute Gasteiger partial charge is 0.243 e. The zero-order valence-electron chi connectivity index (χ0n) is 19.0. The van der Waals surface area contributed by atoms with Crippen molar-refractivity contribution >= 4 is 21.4 Å². The number of hydrogen-bond donors (Lipinski definition) is 1. The first kappa shape index (κ1) is 21.5. The third-order valence-electron chi connectivity index (χ3n) is 7.31. The van der Waals surface area contributed by atoms with Crippen LogP contribution in [-0.2, 0) is 10.0 Å². The molecule has 3 atom stereocenters. The van der Waals surface area contributed by atoms with Gasteiger partial charge in [0.1, 0.15) is 0 Å². The van der Waals surface area contributed by atoms with Crippen molar-refractivity contribution in [3.63, 3.8) is 0 Å². The minimum absolute atomic E-state index is 0.215. The molecule has 0 amide bonds. The first-order valence-corrected chi connectivity index (χ1v) is 13.2. The molecule has 6 heteroatoms. The summed E-state index contributed by atoms with van der Waals surface area (Å²) in [5.41, 5.74) is 4.63. The molecule has 3 aliphatic rings. The molecule has 0 saturated carbocycles. The molecule has 2 heterocycles. The third kappa shape index (κ3) is 3.84. The Morgan fingerprint density at radius 3 is 2.38 bits per heavy atom. The molecule has 0 aromatic heterocycles. The molecular formula is C26H33N3O2S. The molecule has 1 aliphatic carbocycles. The van der Waals surface area contributed by atoms with Gasteiger partial charge in [-0.2, -0.15) is 4.31 Å². The second-order valence-corrected chi connectivity index (χ2v) is 11.5. The second kappa shape index (κ2) is 8.56. The van der Waals surface area contributed by atoms with E-state index in [1.807, 2.05) is 12.1 Å². The number of hydrogen-bond acceptors (Lipinski definition) is 4. The van der Waals surface area contributed by atoms with Gasteiger partial charge >= 0.3 is 0 Å². The van der Waals surface area contributed by atoms with E-state index in [4.69, 9.17) is 0 Å². The molecule has 2 aliphatic heterocycles. The molecule has 1 fully saturated rings. The van der Waals surface area contributed by atoms with Crippen LogP contribution in [0.5, 0.6) is 0 Å². The van der Waals surface area contributed by atoms with Crippen LogP contribution in [0.2, 0.25) is 0 Å². The van der Waals surface area contributed by atoms with Gasteiger partial charge in [0.15, 0.2) is 0 Å². The minimum atomic E-state index is -3.45. The Morgan fingerprint density at radius 1 is 0.969 bits per heavy atom. The predicted octanol–water partition coefficient (Wildman–Crippen LogP) is 5.14. The maximum Gasteiger partial charge on any atom is 0.243 e. The average Bonchev–Trinajstić information content (AvgIpc) is 3.12. The van der Waals surface area contributed by atoms with Gasteiger partial charge in [-0.15, -0.1) is 0 Å². The molecule has 0 bridgehead atoms. The van der Waals surface area contributed by atoms with E-state index >= 15 is 0 Å². The standard InChI is InChI=1S/C26H33N3O2S/c1-28(2)20-12-10-19(11-13-20)26-23-9-7-8-22(23)24-18-21(14-15-25(24)27-26)32(30,31)29-16-5-3-4-6-17-29/h7-8,10-15,18,22-23,26-27H,3-6,9,16-17H2,1-2H3. The highest BCUT2D eigenvalue weighted by atomic mass is 32.2. The lowest BCUT2D eigenvalue weighted by Gasteiger charge is -2.38. The van der Waals surface area contributed by atoms with Gasteiger partial charge in [0.25, 0.3) is 0 Å². The normalized spacial score (nSPS) is 25.5. The second-order valence-electron chi connectivity index (χ2n) is 9.53. The Kier molecular flexibility index (Phi) is 5.76. The van der Waals surface area contributed by atoms with E-state index in [1.165, 1.54) is 11.3 Å². The van der Waals surface area contributed by atoms with Crippen molar-refractivity contribution in [1.82, 2.24) is 4.31 Å². The zero-order valence-corrected chi connectivity index (χ0v) is 19.8. The molecule has 1 N–H and O–H groups in total. The predicted molar refractivity (Wildman–Crippen MR) is 131 cm³/mol. The van der Waals surface area contributed by atoms with Crippen molar-refractivity contribution in [2.24, 2.45) is 5.92 Å². The third-order valence-corrected chi connectivity index (χ3v) is 9.20. The summed E-state index contributed by atoms with van der Waals surface area (Å²) < 4.78 is 28.4. The fourth-order valence-corrected chi connectivity index (χ4v) is 7.03. The summed E-state index contributed by atoms with van der Waals surface area (Å²) in [7, 11) is 0.658. The molecule has 0 radical (unpaired) electrons. The molecule has 0 spiro atoms. The van der Waals surface area contributed by atoms with Crippen LogP contribution in [0.4, 0.5) is 11.4 Å². The van der Waals surface area contributed by atoms with E-state index in [0.29, 0.717) is 23.9 Å². The Balaban J connectivity index is 1.47. The van der Waals surface area contributed by atoms with Crippen molar-refractivity contribution in [2.45, 2.75) is 49.0 Å². The first-order chi connectivity index (χ1) is 15.4. The van der Waals surface area contributed by atoms with E-state index in [2.05, 4.69) is 60.7 Å². The zero-order chi connectivity index (χ0) is 22.3. The lowest BCUT2D eigenvalue weighted by molar-refractivity contribution is 0.420. The van der Waals surface area contributed by atoms with Crippen LogP contribution in [0.25, 0.3) is 0 Å². The molecule has 2 aromatic carbocycles. The van der Waals surface area contributed by atoms with Gasteiger partial charge in [0, 0.05) is 44.5 Å². The molecular weight excluding hydrogens is 418 g/mol. The van der Waals surface area contributed by atoms with Crippen LogP contribution >= 0.6 is 0 Å². The highest BCUT2D eigenvalue weighted by Gasteiger charge is 2.39. The molecule has 3 unspecified atom stereocenters. The SMILES string of the molecule is CN(C)c1ccc(C2Nc3ccc(S(=O)(=O)N4CCCCCC4)cc3C3C=CCC32)cc1. The highest BCUT2D eigenvalue weighted by molar-refractivity contribution is 7.89. The Morgan fingerprint density at radius 2 is 1.69 bits per heavy atom. The Bertz CT molecular complexity index is 1100. The monoisotopic (exact) mass is 451 g/mol. The summed E-state index contributed by atoms with van der Waals surface area (Å²) in [6.07, 6.45) is 9.66. The molecule has 5 nitrogen and oxygen atoms in total. The Hall–Kier alpha value is -2.31. The lowest BCUT2D eigenvalue weighted by atomic mass is 9.77. The van der Waals surface area contributed by atoms with Crippen LogP contribution in [0.3, 0.4) is 0 Å². The van der Waals surface area contributed by atoms with Gasteiger partial charge in [-0.1, -0.05) is 37.1 Å². The van der Waals surface area contributed by atoms with Crippen molar-refractivity contribution in [1.29, 1.82) is 0 Å². The number of fused-ring (bicyclic) bond motifs is 3. The van der Waals surface area contributed by atoms with Gasteiger partial charge in [0.05, 0.1) is 10.9 Å². The van der Waals surface area contributed by atoms with Crippen LogP contribution < -0.4 is 10.2 Å². The van der Waals surface area contributed by atoms with E-state index in [9.17, 15) is 8.42 Å². The first-order valence-electron chi connectivity index (χ1n) is 11.8.